The van der Waals surface area contributed by atoms with Crippen LogP contribution in [0, 0.1) is 0 Å². The summed E-state index contributed by atoms with van der Waals surface area (Å²) in [6, 6.07) is 13.5. The van der Waals surface area contributed by atoms with Gasteiger partial charge in [-0.15, -0.1) is 0 Å². The molecule has 1 aromatic carbocycles. The van der Waals surface area contributed by atoms with Gasteiger partial charge in [-0.1, -0.05) is 30.3 Å². The summed E-state index contributed by atoms with van der Waals surface area (Å²) < 4.78 is 0. The molecule has 1 unspecified atom stereocenters. The van der Waals surface area contributed by atoms with E-state index in [1.54, 1.807) is 17.3 Å². The topological polar surface area (TPSA) is 82.1 Å². The molecule has 1 aliphatic heterocycles. The molecule has 1 atom stereocenters. The number of imidazole rings is 1. The van der Waals surface area contributed by atoms with Crippen molar-refractivity contribution in [1.82, 2.24) is 19.9 Å². The number of fused-ring (bicyclic) bond motifs is 1. The Morgan fingerprint density at radius 3 is 2.88 bits per heavy atom. The maximum Gasteiger partial charge on any atom is 0.273 e. The number of hydrogen-bond donors (Lipinski definition) is 2. The minimum absolute atomic E-state index is 0.0573. The molecule has 6 heteroatoms. The Morgan fingerprint density at radius 1 is 1.24 bits per heavy atom. The van der Waals surface area contributed by atoms with Crippen molar-refractivity contribution in [1.29, 1.82) is 0 Å². The van der Waals surface area contributed by atoms with Crippen molar-refractivity contribution < 1.29 is 9.90 Å². The zero-order valence-corrected chi connectivity index (χ0v) is 13.9. The number of aromatic nitrogens is 3. The second kappa shape index (κ2) is 6.29. The van der Waals surface area contributed by atoms with Crippen LogP contribution in [0.25, 0.3) is 11.2 Å². The van der Waals surface area contributed by atoms with E-state index in [9.17, 15) is 9.90 Å². The smallest absolute Gasteiger partial charge is 0.273 e. The fourth-order valence-corrected chi connectivity index (χ4v) is 3.72. The number of amides is 1. The van der Waals surface area contributed by atoms with Gasteiger partial charge in [-0.3, -0.25) is 4.79 Å². The van der Waals surface area contributed by atoms with E-state index < -0.39 is 5.54 Å². The van der Waals surface area contributed by atoms with E-state index in [2.05, 4.69) is 15.0 Å². The van der Waals surface area contributed by atoms with E-state index in [0.717, 1.165) is 23.9 Å². The van der Waals surface area contributed by atoms with Crippen molar-refractivity contribution in [2.45, 2.75) is 24.8 Å². The van der Waals surface area contributed by atoms with Gasteiger partial charge in [-0.2, -0.15) is 0 Å². The molecule has 25 heavy (non-hydrogen) atoms. The molecule has 0 saturated carbocycles. The third-order valence-electron chi connectivity index (χ3n) is 5.01. The summed E-state index contributed by atoms with van der Waals surface area (Å²) in [5.41, 5.74) is 2.25. The van der Waals surface area contributed by atoms with Crippen molar-refractivity contribution in [2.75, 3.05) is 13.2 Å². The fourth-order valence-electron chi connectivity index (χ4n) is 3.72. The molecule has 1 amide bonds. The number of carbonyl (C=O) groups is 1. The monoisotopic (exact) mass is 336 g/mol. The number of aliphatic hydroxyl groups excluding tert-OH is 1. The Labute approximate surface area is 145 Å². The summed E-state index contributed by atoms with van der Waals surface area (Å²) in [6.45, 7) is 0.574. The SMILES string of the molecule is O=C(c1ccc2[nH]cnc2n1)N1CCCC1(CO)Cc1ccccc1. The lowest BCUT2D eigenvalue weighted by molar-refractivity contribution is 0.0407. The highest BCUT2D eigenvalue weighted by Crippen LogP contribution is 2.33. The van der Waals surface area contributed by atoms with Gasteiger partial charge in [0.25, 0.3) is 5.91 Å². The number of pyridine rings is 1. The largest absolute Gasteiger partial charge is 0.394 e. The van der Waals surface area contributed by atoms with Crippen LogP contribution in [0.1, 0.15) is 28.9 Å². The van der Waals surface area contributed by atoms with Crippen LogP contribution in [0.5, 0.6) is 0 Å². The van der Waals surface area contributed by atoms with Crippen LogP contribution in [0.3, 0.4) is 0 Å². The standard InChI is InChI=1S/C19H20N4O2/c24-12-19(11-14-5-2-1-3-6-14)9-4-10-23(19)18(25)16-8-7-15-17(22-16)21-13-20-15/h1-3,5-8,13,24H,4,9-12H2,(H,20,21,22). The summed E-state index contributed by atoms with van der Waals surface area (Å²) in [7, 11) is 0. The number of carbonyl (C=O) groups excluding carboxylic acids is 1. The first-order chi connectivity index (χ1) is 12.2. The molecule has 0 radical (unpaired) electrons. The molecular weight excluding hydrogens is 316 g/mol. The molecule has 1 saturated heterocycles. The van der Waals surface area contributed by atoms with Crippen molar-refractivity contribution in [2.24, 2.45) is 0 Å². The fraction of sp³-hybridized carbons (Fsp3) is 0.316. The summed E-state index contributed by atoms with van der Waals surface area (Å²) >= 11 is 0. The van der Waals surface area contributed by atoms with Gasteiger partial charge in [-0.25, -0.2) is 9.97 Å². The molecule has 1 fully saturated rings. The van der Waals surface area contributed by atoms with E-state index >= 15 is 0 Å². The number of hydrogen-bond acceptors (Lipinski definition) is 4. The summed E-state index contributed by atoms with van der Waals surface area (Å²) in [6.07, 6.45) is 3.87. The predicted molar refractivity (Wildman–Crippen MR) is 94.1 cm³/mol. The summed E-state index contributed by atoms with van der Waals surface area (Å²) in [5, 5.41) is 10.2. The molecule has 0 aliphatic carbocycles. The summed E-state index contributed by atoms with van der Waals surface area (Å²) in [5.74, 6) is -0.146. The van der Waals surface area contributed by atoms with Crippen LogP contribution in [0.15, 0.2) is 48.8 Å². The Hall–Kier alpha value is -2.73. The number of H-pyrrole nitrogens is 1. The molecule has 0 bridgehead atoms. The lowest BCUT2D eigenvalue weighted by Crippen LogP contribution is -2.51. The van der Waals surface area contributed by atoms with Crippen molar-refractivity contribution in [3.63, 3.8) is 0 Å². The van der Waals surface area contributed by atoms with Gasteiger partial charge < -0.3 is 15.0 Å². The van der Waals surface area contributed by atoms with Gasteiger partial charge in [-0.05, 0) is 37.0 Å². The Kier molecular flexibility index (Phi) is 3.97. The quantitative estimate of drug-likeness (QED) is 0.765. The van der Waals surface area contributed by atoms with E-state index in [1.165, 1.54) is 0 Å². The van der Waals surface area contributed by atoms with Crippen LogP contribution in [0.4, 0.5) is 0 Å². The lowest BCUT2D eigenvalue weighted by atomic mass is 9.88. The Morgan fingerprint density at radius 2 is 2.08 bits per heavy atom. The van der Waals surface area contributed by atoms with Gasteiger partial charge >= 0.3 is 0 Å². The molecule has 2 aromatic heterocycles. The highest BCUT2D eigenvalue weighted by atomic mass is 16.3. The van der Waals surface area contributed by atoms with E-state index in [1.807, 2.05) is 36.4 Å². The summed E-state index contributed by atoms with van der Waals surface area (Å²) in [4.78, 5) is 26.4. The van der Waals surface area contributed by atoms with Gasteiger partial charge in [0, 0.05) is 6.54 Å². The van der Waals surface area contributed by atoms with Gasteiger partial charge in [0.15, 0.2) is 5.65 Å². The molecule has 1 aliphatic rings. The van der Waals surface area contributed by atoms with Crippen LogP contribution in [0.2, 0.25) is 0 Å². The average Bonchev–Trinajstić information content (AvgIpc) is 3.28. The van der Waals surface area contributed by atoms with Gasteiger partial charge in [0.2, 0.25) is 0 Å². The molecule has 0 spiro atoms. The van der Waals surface area contributed by atoms with Gasteiger partial charge in [0.05, 0.1) is 24.0 Å². The maximum absolute atomic E-state index is 13.1. The zero-order valence-electron chi connectivity index (χ0n) is 13.9. The van der Waals surface area contributed by atoms with Gasteiger partial charge in [0.1, 0.15) is 5.69 Å². The molecule has 3 heterocycles. The highest BCUT2D eigenvalue weighted by Gasteiger charge is 2.43. The van der Waals surface area contributed by atoms with Crippen LogP contribution in [-0.2, 0) is 6.42 Å². The van der Waals surface area contributed by atoms with E-state index in [4.69, 9.17) is 0 Å². The van der Waals surface area contributed by atoms with E-state index in [0.29, 0.717) is 24.3 Å². The Bertz CT molecular complexity index is 893. The maximum atomic E-state index is 13.1. The molecule has 6 nitrogen and oxygen atoms in total. The zero-order chi connectivity index (χ0) is 17.3. The molecule has 2 N–H and O–H groups in total. The number of aliphatic hydroxyl groups is 1. The first-order valence-corrected chi connectivity index (χ1v) is 8.49. The normalized spacial score (nSPS) is 20.3. The second-order valence-electron chi connectivity index (χ2n) is 6.58. The molecule has 4 rings (SSSR count). The lowest BCUT2D eigenvalue weighted by Gasteiger charge is -2.37. The number of likely N-dealkylation sites (tertiary alicyclic amines) is 1. The number of nitrogens with zero attached hydrogens (tertiary/aromatic N) is 3. The third-order valence-corrected chi connectivity index (χ3v) is 5.01. The molecule has 3 aromatic rings. The number of nitrogens with one attached hydrogen (secondary N) is 1. The van der Waals surface area contributed by atoms with Crippen LogP contribution >= 0.6 is 0 Å². The van der Waals surface area contributed by atoms with E-state index in [-0.39, 0.29) is 12.5 Å². The third kappa shape index (κ3) is 2.78. The van der Waals surface area contributed by atoms with Crippen molar-refractivity contribution >= 4 is 17.1 Å². The molecule has 128 valence electrons. The van der Waals surface area contributed by atoms with Crippen molar-refractivity contribution in [3.05, 3.63) is 60.0 Å². The highest BCUT2D eigenvalue weighted by molar-refractivity contribution is 5.94. The van der Waals surface area contributed by atoms with Crippen LogP contribution in [-0.4, -0.2) is 49.6 Å². The Balaban J connectivity index is 1.65. The van der Waals surface area contributed by atoms with Crippen LogP contribution < -0.4 is 0 Å². The number of aromatic amines is 1. The predicted octanol–water partition coefficient (Wildman–Crippen LogP) is 2.17. The first kappa shape index (κ1) is 15.8. The van der Waals surface area contributed by atoms with Crippen molar-refractivity contribution in [3.8, 4) is 0 Å². The number of benzene rings is 1. The number of rotatable bonds is 4. The minimum atomic E-state index is -0.569. The molecular formula is C19H20N4O2. The average molecular weight is 336 g/mol. The minimum Gasteiger partial charge on any atom is -0.394 e. The second-order valence-corrected chi connectivity index (χ2v) is 6.58. The first-order valence-electron chi connectivity index (χ1n) is 8.49.